The molecule has 1 aromatic carbocycles. The van der Waals surface area contributed by atoms with E-state index in [-0.39, 0.29) is 11.3 Å². The molecule has 0 radical (unpaired) electrons. The van der Waals surface area contributed by atoms with Crippen LogP contribution in [0, 0.1) is 12.3 Å². The zero-order chi connectivity index (χ0) is 21.0. The predicted molar refractivity (Wildman–Crippen MR) is 116 cm³/mol. The van der Waals surface area contributed by atoms with Crippen LogP contribution in [0.2, 0.25) is 0 Å². The summed E-state index contributed by atoms with van der Waals surface area (Å²) < 4.78 is 5.20. The van der Waals surface area contributed by atoms with Crippen LogP contribution in [-0.4, -0.2) is 54.1 Å². The first-order chi connectivity index (χ1) is 13.7. The molecule has 0 aliphatic carbocycles. The molecule has 1 fully saturated rings. The predicted octanol–water partition coefficient (Wildman–Crippen LogP) is 3.62. The molecule has 7 heteroatoms. The van der Waals surface area contributed by atoms with Gasteiger partial charge >= 0.3 is 0 Å². The maximum Gasteiger partial charge on any atom is 0.227 e. The monoisotopic (exact) mass is 397 g/mol. The van der Waals surface area contributed by atoms with Gasteiger partial charge in [-0.3, -0.25) is 4.79 Å². The molecule has 1 aliphatic rings. The van der Waals surface area contributed by atoms with E-state index in [0.717, 1.165) is 36.0 Å². The average molecular weight is 398 g/mol. The molecule has 1 amide bonds. The number of aromatic nitrogens is 2. The van der Waals surface area contributed by atoms with Gasteiger partial charge in [-0.25, -0.2) is 4.98 Å². The van der Waals surface area contributed by atoms with Crippen molar-refractivity contribution in [3.63, 3.8) is 0 Å². The van der Waals surface area contributed by atoms with Crippen molar-refractivity contribution in [3.8, 4) is 5.75 Å². The van der Waals surface area contributed by atoms with Crippen molar-refractivity contribution in [1.29, 1.82) is 0 Å². The fourth-order valence-corrected chi connectivity index (χ4v) is 3.30. The number of piperazine rings is 1. The van der Waals surface area contributed by atoms with Gasteiger partial charge in [-0.05, 0) is 36.6 Å². The number of hydrogen-bond donors (Lipinski definition) is 1. The fraction of sp³-hybridized carbons (Fsp3) is 0.500. The van der Waals surface area contributed by atoms with Gasteiger partial charge in [0.1, 0.15) is 11.6 Å². The molecule has 0 unspecified atom stereocenters. The lowest BCUT2D eigenvalue weighted by molar-refractivity contribution is -0.133. The lowest BCUT2D eigenvalue weighted by atomic mass is 9.91. The molecule has 156 valence electrons. The molecule has 1 saturated heterocycles. The van der Waals surface area contributed by atoms with E-state index in [4.69, 9.17) is 9.72 Å². The molecule has 0 bridgehead atoms. The standard InChI is InChI=1S/C22H31N5O2/c1-16-14-19(24-17-6-8-18(29-5)9-7-17)25-21(23-16)27-12-10-26(11-13-27)20(28)15-22(2,3)4/h6-9,14H,10-13,15H2,1-5H3,(H,23,24,25). The van der Waals surface area contributed by atoms with Crippen LogP contribution in [0.1, 0.15) is 32.9 Å². The summed E-state index contributed by atoms with van der Waals surface area (Å²) in [6.45, 7) is 11.1. The Hall–Kier alpha value is -2.83. The van der Waals surface area contributed by atoms with Crippen LogP contribution >= 0.6 is 0 Å². The highest BCUT2D eigenvalue weighted by atomic mass is 16.5. The van der Waals surface area contributed by atoms with E-state index >= 15 is 0 Å². The molecular weight excluding hydrogens is 366 g/mol. The minimum Gasteiger partial charge on any atom is -0.497 e. The molecule has 1 N–H and O–H groups in total. The third-order valence-corrected chi connectivity index (χ3v) is 4.80. The molecule has 0 saturated carbocycles. The maximum atomic E-state index is 12.5. The molecule has 7 nitrogen and oxygen atoms in total. The second-order valence-corrected chi connectivity index (χ2v) is 8.65. The van der Waals surface area contributed by atoms with E-state index in [1.165, 1.54) is 0 Å². The summed E-state index contributed by atoms with van der Waals surface area (Å²) in [6, 6.07) is 9.65. The first-order valence-corrected chi connectivity index (χ1v) is 10.0. The number of nitrogens with one attached hydrogen (secondary N) is 1. The molecule has 1 aliphatic heterocycles. The van der Waals surface area contributed by atoms with Crippen LogP contribution in [-0.2, 0) is 4.79 Å². The third-order valence-electron chi connectivity index (χ3n) is 4.80. The zero-order valence-corrected chi connectivity index (χ0v) is 18.0. The van der Waals surface area contributed by atoms with Gasteiger partial charge in [-0.1, -0.05) is 20.8 Å². The number of carbonyl (C=O) groups is 1. The average Bonchev–Trinajstić information content (AvgIpc) is 2.67. The number of aryl methyl sites for hydroxylation is 1. The minimum atomic E-state index is 0.00982. The van der Waals surface area contributed by atoms with E-state index in [9.17, 15) is 4.79 Å². The fourth-order valence-electron chi connectivity index (χ4n) is 3.30. The first-order valence-electron chi connectivity index (χ1n) is 10.0. The highest BCUT2D eigenvalue weighted by Crippen LogP contribution is 2.23. The Kier molecular flexibility index (Phi) is 6.25. The van der Waals surface area contributed by atoms with Gasteiger partial charge in [-0.2, -0.15) is 4.98 Å². The lowest BCUT2D eigenvalue weighted by Crippen LogP contribution is -2.49. The van der Waals surface area contributed by atoms with Crippen LogP contribution in [0.5, 0.6) is 5.75 Å². The smallest absolute Gasteiger partial charge is 0.227 e. The van der Waals surface area contributed by atoms with Crippen molar-refractivity contribution in [3.05, 3.63) is 36.0 Å². The summed E-state index contributed by atoms with van der Waals surface area (Å²) >= 11 is 0. The lowest BCUT2D eigenvalue weighted by Gasteiger charge is -2.36. The number of carbonyl (C=O) groups excluding carboxylic acids is 1. The molecule has 2 aromatic rings. The maximum absolute atomic E-state index is 12.5. The molecule has 3 rings (SSSR count). The van der Waals surface area contributed by atoms with Crippen LogP contribution in [0.25, 0.3) is 0 Å². The zero-order valence-electron chi connectivity index (χ0n) is 18.0. The van der Waals surface area contributed by atoms with E-state index in [0.29, 0.717) is 25.5 Å². The number of ether oxygens (including phenoxy) is 1. The molecule has 0 atom stereocenters. The van der Waals surface area contributed by atoms with Gasteiger partial charge in [0.15, 0.2) is 0 Å². The SMILES string of the molecule is COc1ccc(Nc2cc(C)nc(N3CCN(C(=O)CC(C)(C)C)CC3)n2)cc1. The highest BCUT2D eigenvalue weighted by molar-refractivity contribution is 5.77. The second kappa shape index (κ2) is 8.68. The van der Waals surface area contributed by atoms with Gasteiger partial charge in [0, 0.05) is 50.0 Å². The van der Waals surface area contributed by atoms with Crippen molar-refractivity contribution in [2.45, 2.75) is 34.1 Å². The molecule has 29 heavy (non-hydrogen) atoms. The number of hydrogen-bond acceptors (Lipinski definition) is 6. The van der Waals surface area contributed by atoms with Gasteiger partial charge in [0.25, 0.3) is 0 Å². The normalized spacial score (nSPS) is 14.7. The van der Waals surface area contributed by atoms with Crippen molar-refractivity contribution in [2.75, 3.05) is 43.5 Å². The largest absolute Gasteiger partial charge is 0.497 e. The quantitative estimate of drug-likeness (QED) is 0.831. The summed E-state index contributed by atoms with van der Waals surface area (Å²) in [5, 5.41) is 3.33. The van der Waals surface area contributed by atoms with Crippen molar-refractivity contribution in [1.82, 2.24) is 14.9 Å². The Morgan fingerprint density at radius 1 is 1.10 bits per heavy atom. The molecule has 1 aromatic heterocycles. The molecule has 0 spiro atoms. The van der Waals surface area contributed by atoms with Crippen LogP contribution in [0.4, 0.5) is 17.5 Å². The summed E-state index contributed by atoms with van der Waals surface area (Å²) in [7, 11) is 1.65. The number of anilines is 3. The highest BCUT2D eigenvalue weighted by Gasteiger charge is 2.26. The molecular formula is C22H31N5O2. The number of rotatable bonds is 5. The van der Waals surface area contributed by atoms with Crippen LogP contribution in [0.15, 0.2) is 30.3 Å². The van der Waals surface area contributed by atoms with Gasteiger partial charge < -0.3 is 19.9 Å². The Balaban J connectivity index is 1.65. The Morgan fingerprint density at radius 2 is 1.76 bits per heavy atom. The summed E-state index contributed by atoms with van der Waals surface area (Å²) in [4.78, 5) is 25.9. The number of methoxy groups -OCH3 is 1. The second-order valence-electron chi connectivity index (χ2n) is 8.65. The summed E-state index contributed by atoms with van der Waals surface area (Å²) in [6.07, 6.45) is 0.573. The Bertz CT molecular complexity index is 837. The minimum absolute atomic E-state index is 0.00982. The van der Waals surface area contributed by atoms with Crippen molar-refractivity contribution in [2.24, 2.45) is 5.41 Å². The number of benzene rings is 1. The summed E-state index contributed by atoms with van der Waals surface area (Å²) in [5.74, 6) is 2.49. The first kappa shape index (κ1) is 20.9. The Labute approximate surface area is 173 Å². The number of nitrogens with zero attached hydrogens (tertiary/aromatic N) is 4. The topological polar surface area (TPSA) is 70.6 Å². The third kappa shape index (κ3) is 5.82. The van der Waals surface area contributed by atoms with Gasteiger partial charge in [0.05, 0.1) is 7.11 Å². The Morgan fingerprint density at radius 3 is 2.34 bits per heavy atom. The van der Waals surface area contributed by atoms with Crippen LogP contribution < -0.4 is 15.0 Å². The number of amides is 1. The van der Waals surface area contributed by atoms with Crippen molar-refractivity contribution >= 4 is 23.4 Å². The van der Waals surface area contributed by atoms with Gasteiger partial charge in [0.2, 0.25) is 11.9 Å². The van der Waals surface area contributed by atoms with Crippen molar-refractivity contribution < 1.29 is 9.53 Å². The van der Waals surface area contributed by atoms with E-state index in [2.05, 4.69) is 36.0 Å². The van der Waals surface area contributed by atoms with E-state index in [1.54, 1.807) is 7.11 Å². The van der Waals surface area contributed by atoms with E-state index in [1.807, 2.05) is 42.2 Å². The van der Waals surface area contributed by atoms with Gasteiger partial charge in [-0.15, -0.1) is 0 Å². The van der Waals surface area contributed by atoms with E-state index < -0.39 is 0 Å². The molecule has 2 heterocycles. The summed E-state index contributed by atoms with van der Waals surface area (Å²) in [5.41, 5.74) is 1.85. The van der Waals surface area contributed by atoms with Crippen LogP contribution in [0.3, 0.4) is 0 Å².